The number of methoxy groups -OCH3 is 1. The molecule has 1 aliphatic heterocycles. The predicted molar refractivity (Wildman–Crippen MR) is 98.6 cm³/mol. The average Bonchev–Trinajstić information content (AvgIpc) is 3.09. The fourth-order valence-corrected chi connectivity index (χ4v) is 3.18. The Balaban J connectivity index is 1.53. The smallest absolute Gasteiger partial charge is 0.258 e. The summed E-state index contributed by atoms with van der Waals surface area (Å²) in [5.74, 6) is -1.37. The molecule has 1 unspecified atom stereocenters. The van der Waals surface area contributed by atoms with Crippen molar-refractivity contribution in [2.24, 2.45) is 0 Å². The van der Waals surface area contributed by atoms with Gasteiger partial charge in [0.2, 0.25) is 0 Å². The summed E-state index contributed by atoms with van der Waals surface area (Å²) in [7, 11) is 1.59. The van der Waals surface area contributed by atoms with Crippen LogP contribution in [0.15, 0.2) is 36.4 Å². The number of carbonyl (C=O) groups is 1. The molecule has 0 bridgehead atoms. The molecule has 0 aliphatic carbocycles. The number of rotatable bonds is 6. The highest BCUT2D eigenvalue weighted by Crippen LogP contribution is 2.33. The van der Waals surface area contributed by atoms with Crippen molar-refractivity contribution in [2.75, 3.05) is 31.7 Å². The lowest BCUT2D eigenvalue weighted by Gasteiger charge is -2.21. The second-order valence-electron chi connectivity index (χ2n) is 6.18. The number of nitrogens with zero attached hydrogens (tertiary/aromatic N) is 1. The number of halogens is 3. The molecule has 0 spiro atoms. The molecule has 1 atom stereocenters. The molecule has 1 saturated heterocycles. The minimum atomic E-state index is -0.845. The van der Waals surface area contributed by atoms with E-state index in [0.29, 0.717) is 23.4 Å². The molecule has 0 radical (unpaired) electrons. The van der Waals surface area contributed by atoms with Crippen LogP contribution in [0.25, 0.3) is 0 Å². The first kappa shape index (κ1) is 19.2. The molecule has 5 nitrogen and oxygen atoms in total. The summed E-state index contributed by atoms with van der Waals surface area (Å²) >= 11 is 6.07. The number of nitrogens with one attached hydrogen (secondary N) is 1. The van der Waals surface area contributed by atoms with E-state index in [0.717, 1.165) is 30.8 Å². The number of anilines is 1. The highest BCUT2D eigenvalue weighted by molar-refractivity contribution is 6.30. The van der Waals surface area contributed by atoms with Crippen molar-refractivity contribution >= 4 is 23.2 Å². The van der Waals surface area contributed by atoms with Gasteiger partial charge in [-0.2, -0.15) is 0 Å². The lowest BCUT2D eigenvalue weighted by Crippen LogP contribution is -2.39. The summed E-state index contributed by atoms with van der Waals surface area (Å²) in [5.41, 5.74) is 0.867. The second-order valence-corrected chi connectivity index (χ2v) is 6.62. The van der Waals surface area contributed by atoms with E-state index in [-0.39, 0.29) is 24.3 Å². The first-order chi connectivity index (χ1) is 13.0. The number of ether oxygens (including phenoxy) is 2. The van der Waals surface area contributed by atoms with Crippen molar-refractivity contribution in [3.63, 3.8) is 0 Å². The fourth-order valence-electron chi connectivity index (χ4n) is 3.01. The third-order valence-corrected chi connectivity index (χ3v) is 4.52. The Bertz CT molecular complexity index is 835. The first-order valence-electron chi connectivity index (χ1n) is 8.42. The predicted octanol–water partition coefficient (Wildman–Crippen LogP) is 3.40. The molecule has 0 saturated carbocycles. The molecule has 2 aromatic rings. The van der Waals surface area contributed by atoms with Gasteiger partial charge in [0.25, 0.3) is 5.91 Å². The molecule has 1 heterocycles. The Labute approximate surface area is 160 Å². The Morgan fingerprint density at radius 3 is 2.78 bits per heavy atom. The standard InChI is InChI=1S/C19H19ClF2N2O3/c1-26-18-4-2-12(20)8-16(18)24-7-6-14(10-24)23-19(25)11-27-17-5-3-13(21)9-15(17)22/h2-5,8-9,14H,6-7,10-11H2,1H3,(H,23,25). The Kier molecular flexibility index (Phi) is 6.01. The van der Waals surface area contributed by atoms with Crippen LogP contribution in [0.3, 0.4) is 0 Å². The van der Waals surface area contributed by atoms with Gasteiger partial charge in [-0.15, -0.1) is 0 Å². The van der Waals surface area contributed by atoms with Crippen LogP contribution in [0.1, 0.15) is 6.42 Å². The third-order valence-electron chi connectivity index (χ3n) is 4.29. The van der Waals surface area contributed by atoms with E-state index in [1.807, 2.05) is 6.07 Å². The van der Waals surface area contributed by atoms with Crippen molar-refractivity contribution in [1.82, 2.24) is 5.32 Å². The normalized spacial score (nSPS) is 16.3. The van der Waals surface area contributed by atoms with Crippen LogP contribution in [0.4, 0.5) is 14.5 Å². The van der Waals surface area contributed by atoms with Gasteiger partial charge in [0.05, 0.1) is 12.8 Å². The maximum Gasteiger partial charge on any atom is 0.258 e. The van der Waals surface area contributed by atoms with Crippen LogP contribution >= 0.6 is 11.6 Å². The van der Waals surface area contributed by atoms with E-state index in [1.54, 1.807) is 19.2 Å². The Morgan fingerprint density at radius 1 is 1.26 bits per heavy atom. The van der Waals surface area contributed by atoms with E-state index >= 15 is 0 Å². The maximum absolute atomic E-state index is 13.5. The molecule has 0 aromatic heterocycles. The molecule has 1 aliphatic rings. The topological polar surface area (TPSA) is 50.8 Å². The zero-order chi connectivity index (χ0) is 19.4. The van der Waals surface area contributed by atoms with E-state index < -0.39 is 11.6 Å². The van der Waals surface area contributed by atoms with Crippen molar-refractivity contribution < 1.29 is 23.0 Å². The van der Waals surface area contributed by atoms with E-state index in [1.165, 1.54) is 0 Å². The fraction of sp³-hybridized carbons (Fsp3) is 0.316. The third kappa shape index (κ3) is 4.80. The quantitative estimate of drug-likeness (QED) is 0.813. The minimum absolute atomic E-state index is 0.0807. The van der Waals surface area contributed by atoms with Crippen molar-refractivity contribution in [3.8, 4) is 11.5 Å². The van der Waals surface area contributed by atoms with Gasteiger partial charge < -0.3 is 19.7 Å². The van der Waals surface area contributed by atoms with E-state index in [9.17, 15) is 13.6 Å². The largest absolute Gasteiger partial charge is 0.495 e. The second kappa shape index (κ2) is 8.43. The summed E-state index contributed by atoms with van der Waals surface area (Å²) < 4.78 is 36.9. The maximum atomic E-state index is 13.5. The summed E-state index contributed by atoms with van der Waals surface area (Å²) in [6.07, 6.45) is 0.742. The van der Waals surface area contributed by atoms with Crippen molar-refractivity contribution in [1.29, 1.82) is 0 Å². The summed E-state index contributed by atoms with van der Waals surface area (Å²) in [4.78, 5) is 14.2. The zero-order valence-corrected chi connectivity index (χ0v) is 15.4. The van der Waals surface area contributed by atoms with E-state index in [4.69, 9.17) is 21.1 Å². The van der Waals surface area contributed by atoms with Gasteiger partial charge >= 0.3 is 0 Å². The molecule has 3 rings (SSSR count). The van der Waals surface area contributed by atoms with Gasteiger partial charge in [-0.1, -0.05) is 11.6 Å². The summed E-state index contributed by atoms with van der Waals surface area (Å²) in [6.45, 7) is 0.974. The monoisotopic (exact) mass is 396 g/mol. The molecular weight excluding hydrogens is 378 g/mol. The molecule has 27 heavy (non-hydrogen) atoms. The van der Waals surface area contributed by atoms with Crippen LogP contribution in [0, 0.1) is 11.6 Å². The van der Waals surface area contributed by atoms with Crippen LogP contribution in [-0.4, -0.2) is 38.8 Å². The Morgan fingerprint density at radius 2 is 2.04 bits per heavy atom. The molecule has 8 heteroatoms. The number of benzene rings is 2. The van der Waals surface area contributed by atoms with Crippen LogP contribution in [0.2, 0.25) is 5.02 Å². The van der Waals surface area contributed by atoms with Gasteiger partial charge in [0.15, 0.2) is 18.2 Å². The lowest BCUT2D eigenvalue weighted by molar-refractivity contribution is -0.123. The highest BCUT2D eigenvalue weighted by atomic mass is 35.5. The van der Waals surface area contributed by atoms with Crippen LogP contribution < -0.4 is 19.7 Å². The summed E-state index contributed by atoms with van der Waals surface area (Å²) in [6, 6.07) is 8.23. The molecule has 2 aromatic carbocycles. The van der Waals surface area contributed by atoms with Gasteiger partial charge in [0, 0.05) is 30.2 Å². The van der Waals surface area contributed by atoms with Gasteiger partial charge in [-0.25, -0.2) is 8.78 Å². The molecule has 1 amide bonds. The SMILES string of the molecule is COc1ccc(Cl)cc1N1CCC(NC(=O)COc2ccc(F)cc2F)C1. The molecule has 1 fully saturated rings. The van der Waals surface area contributed by atoms with Crippen molar-refractivity contribution in [2.45, 2.75) is 12.5 Å². The first-order valence-corrected chi connectivity index (χ1v) is 8.80. The molecule has 1 N–H and O–H groups in total. The molecular formula is C19H19ClF2N2O3. The number of carbonyl (C=O) groups excluding carboxylic acids is 1. The highest BCUT2D eigenvalue weighted by Gasteiger charge is 2.26. The van der Waals surface area contributed by atoms with Gasteiger partial charge in [-0.05, 0) is 36.8 Å². The Hall–Kier alpha value is -2.54. The van der Waals surface area contributed by atoms with E-state index in [2.05, 4.69) is 10.2 Å². The van der Waals surface area contributed by atoms with Crippen molar-refractivity contribution in [3.05, 3.63) is 53.1 Å². The zero-order valence-electron chi connectivity index (χ0n) is 14.7. The minimum Gasteiger partial charge on any atom is -0.495 e. The number of hydrogen-bond donors (Lipinski definition) is 1. The lowest BCUT2D eigenvalue weighted by atomic mass is 10.2. The average molecular weight is 397 g/mol. The van der Waals surface area contributed by atoms with Gasteiger partial charge in [0.1, 0.15) is 11.6 Å². The van der Waals surface area contributed by atoms with Crippen LogP contribution in [-0.2, 0) is 4.79 Å². The number of hydrogen-bond acceptors (Lipinski definition) is 4. The molecule has 144 valence electrons. The number of amides is 1. The summed E-state index contributed by atoms with van der Waals surface area (Å²) in [5, 5.41) is 3.46. The van der Waals surface area contributed by atoms with Crippen LogP contribution in [0.5, 0.6) is 11.5 Å². The van der Waals surface area contributed by atoms with Gasteiger partial charge in [-0.3, -0.25) is 4.79 Å².